The molecular weight excluding hydrogens is 341 g/mol. The standard InChI is InChI=1S/C14H20INO2/c1-4-7-18-13-10(6-3)11(14(16)17)8-9(5-2)12(13)15/h8H,4-7H2,1-3H3,(H2,16,17). The normalized spacial score (nSPS) is 10.4. The average molecular weight is 361 g/mol. The van der Waals surface area contributed by atoms with Crippen molar-refractivity contribution in [2.24, 2.45) is 5.73 Å². The minimum absolute atomic E-state index is 0.376. The molecule has 0 unspecified atom stereocenters. The van der Waals surface area contributed by atoms with Crippen LogP contribution in [0.15, 0.2) is 6.07 Å². The second-order valence-corrected chi connectivity index (χ2v) is 5.20. The van der Waals surface area contributed by atoms with E-state index in [0.29, 0.717) is 12.2 Å². The molecule has 1 aromatic carbocycles. The molecule has 0 atom stereocenters. The fourth-order valence-corrected chi connectivity index (χ4v) is 2.93. The van der Waals surface area contributed by atoms with Crippen LogP contribution in [-0.2, 0) is 12.8 Å². The number of carbonyl (C=O) groups excluding carboxylic acids is 1. The number of halogens is 1. The van der Waals surface area contributed by atoms with Crippen molar-refractivity contribution in [2.75, 3.05) is 6.61 Å². The third kappa shape index (κ3) is 3.16. The smallest absolute Gasteiger partial charge is 0.249 e. The van der Waals surface area contributed by atoms with E-state index in [9.17, 15) is 4.79 Å². The zero-order chi connectivity index (χ0) is 13.7. The number of hydrogen-bond donors (Lipinski definition) is 1. The number of benzene rings is 1. The SMILES string of the molecule is CCCOc1c(I)c(CC)cc(C(N)=O)c1CC. The van der Waals surface area contributed by atoms with Gasteiger partial charge in [0, 0.05) is 11.1 Å². The van der Waals surface area contributed by atoms with Crippen LogP contribution in [0.5, 0.6) is 5.75 Å². The van der Waals surface area contributed by atoms with Crippen LogP contribution < -0.4 is 10.5 Å². The molecule has 0 aliphatic rings. The Hall–Kier alpha value is -0.780. The van der Waals surface area contributed by atoms with Crippen LogP contribution in [0.1, 0.15) is 48.7 Å². The van der Waals surface area contributed by atoms with Crippen LogP contribution in [0, 0.1) is 3.57 Å². The highest BCUT2D eigenvalue weighted by Gasteiger charge is 2.18. The third-order valence-electron chi connectivity index (χ3n) is 2.85. The van der Waals surface area contributed by atoms with Crippen molar-refractivity contribution in [3.63, 3.8) is 0 Å². The van der Waals surface area contributed by atoms with Gasteiger partial charge in [0.2, 0.25) is 5.91 Å². The van der Waals surface area contributed by atoms with Gasteiger partial charge in [-0.25, -0.2) is 0 Å². The maximum Gasteiger partial charge on any atom is 0.249 e. The van der Waals surface area contributed by atoms with Crippen LogP contribution >= 0.6 is 22.6 Å². The summed E-state index contributed by atoms with van der Waals surface area (Å²) in [4.78, 5) is 11.6. The number of hydrogen-bond acceptors (Lipinski definition) is 2. The van der Waals surface area contributed by atoms with Crippen molar-refractivity contribution in [2.45, 2.75) is 40.0 Å². The van der Waals surface area contributed by atoms with E-state index < -0.39 is 0 Å². The fourth-order valence-electron chi connectivity index (χ4n) is 1.91. The summed E-state index contributed by atoms with van der Waals surface area (Å²) in [7, 11) is 0. The van der Waals surface area contributed by atoms with E-state index >= 15 is 0 Å². The summed E-state index contributed by atoms with van der Waals surface area (Å²) in [5.74, 6) is 0.465. The van der Waals surface area contributed by atoms with Crippen molar-refractivity contribution < 1.29 is 9.53 Å². The molecule has 0 saturated heterocycles. The largest absolute Gasteiger partial charge is 0.492 e. The Morgan fingerprint density at radius 2 is 2.00 bits per heavy atom. The van der Waals surface area contributed by atoms with Gasteiger partial charge in [-0.15, -0.1) is 0 Å². The second-order valence-electron chi connectivity index (χ2n) is 4.12. The summed E-state index contributed by atoms with van der Waals surface area (Å²) < 4.78 is 6.93. The number of amides is 1. The predicted molar refractivity (Wildman–Crippen MR) is 82.2 cm³/mol. The monoisotopic (exact) mass is 361 g/mol. The van der Waals surface area contributed by atoms with Crippen LogP contribution in [0.25, 0.3) is 0 Å². The lowest BCUT2D eigenvalue weighted by molar-refractivity contribution is 0.0998. The lowest BCUT2D eigenvalue weighted by Crippen LogP contribution is -2.16. The lowest BCUT2D eigenvalue weighted by atomic mass is 9.99. The zero-order valence-electron chi connectivity index (χ0n) is 11.2. The summed E-state index contributed by atoms with van der Waals surface area (Å²) in [5.41, 5.74) is 8.11. The van der Waals surface area contributed by atoms with Gasteiger partial charge < -0.3 is 10.5 Å². The first-order valence-corrected chi connectivity index (χ1v) is 7.41. The first-order chi connectivity index (χ1) is 8.56. The van der Waals surface area contributed by atoms with Crippen molar-refractivity contribution in [3.05, 3.63) is 26.3 Å². The molecule has 1 amide bonds. The Morgan fingerprint density at radius 3 is 2.44 bits per heavy atom. The van der Waals surface area contributed by atoms with E-state index in [2.05, 4.69) is 36.4 Å². The van der Waals surface area contributed by atoms with Gasteiger partial charge >= 0.3 is 0 Å². The molecule has 0 aliphatic carbocycles. The first-order valence-electron chi connectivity index (χ1n) is 6.33. The van der Waals surface area contributed by atoms with E-state index in [4.69, 9.17) is 10.5 Å². The van der Waals surface area contributed by atoms with E-state index in [1.807, 2.05) is 13.0 Å². The predicted octanol–water partition coefficient (Wildman–Crippen LogP) is 3.30. The van der Waals surface area contributed by atoms with Gasteiger partial charge in [0.25, 0.3) is 0 Å². The number of carbonyl (C=O) groups is 1. The minimum Gasteiger partial charge on any atom is -0.492 e. The van der Waals surface area contributed by atoms with E-state index in [1.165, 1.54) is 0 Å². The molecule has 0 fully saturated rings. The summed E-state index contributed by atoms with van der Waals surface area (Å²) in [6.45, 7) is 6.81. The highest BCUT2D eigenvalue weighted by Crippen LogP contribution is 2.33. The van der Waals surface area contributed by atoms with Gasteiger partial charge in [0.15, 0.2) is 0 Å². The average Bonchev–Trinajstić information content (AvgIpc) is 2.36. The number of ether oxygens (including phenoxy) is 1. The van der Waals surface area contributed by atoms with Crippen LogP contribution in [-0.4, -0.2) is 12.5 Å². The highest BCUT2D eigenvalue weighted by atomic mass is 127. The van der Waals surface area contributed by atoms with Crippen molar-refractivity contribution >= 4 is 28.5 Å². The number of primary amides is 1. The summed E-state index contributed by atoms with van der Waals surface area (Å²) in [5, 5.41) is 0. The quantitative estimate of drug-likeness (QED) is 0.791. The summed E-state index contributed by atoms with van der Waals surface area (Å²) in [6, 6.07) is 1.90. The molecule has 1 aromatic rings. The van der Waals surface area contributed by atoms with Gasteiger partial charge in [0.1, 0.15) is 5.75 Å². The van der Waals surface area contributed by atoms with Crippen molar-refractivity contribution in [3.8, 4) is 5.75 Å². The molecule has 3 nitrogen and oxygen atoms in total. The van der Waals surface area contributed by atoms with E-state index in [1.54, 1.807) is 0 Å². The Balaban J connectivity index is 3.42. The Kier molecular flexibility index (Phi) is 5.91. The Morgan fingerprint density at radius 1 is 1.33 bits per heavy atom. The van der Waals surface area contributed by atoms with E-state index in [0.717, 1.165) is 39.7 Å². The third-order valence-corrected chi connectivity index (χ3v) is 4.03. The fraction of sp³-hybridized carbons (Fsp3) is 0.500. The molecule has 18 heavy (non-hydrogen) atoms. The summed E-state index contributed by atoms with van der Waals surface area (Å²) >= 11 is 2.29. The number of rotatable bonds is 6. The Bertz CT molecular complexity index is 444. The van der Waals surface area contributed by atoms with Gasteiger partial charge in [-0.3, -0.25) is 4.79 Å². The van der Waals surface area contributed by atoms with Gasteiger partial charge in [-0.2, -0.15) is 0 Å². The maximum atomic E-state index is 11.6. The zero-order valence-corrected chi connectivity index (χ0v) is 13.3. The van der Waals surface area contributed by atoms with Crippen molar-refractivity contribution in [1.29, 1.82) is 0 Å². The summed E-state index contributed by atoms with van der Waals surface area (Å²) in [6.07, 6.45) is 2.56. The maximum absolute atomic E-state index is 11.6. The molecule has 100 valence electrons. The van der Waals surface area contributed by atoms with Gasteiger partial charge in [-0.1, -0.05) is 20.8 Å². The number of aryl methyl sites for hydroxylation is 1. The van der Waals surface area contributed by atoms with Crippen LogP contribution in [0.3, 0.4) is 0 Å². The number of nitrogens with two attached hydrogens (primary N) is 1. The molecule has 0 aromatic heterocycles. The topological polar surface area (TPSA) is 52.3 Å². The van der Waals surface area contributed by atoms with Gasteiger partial charge in [-0.05, 0) is 53.5 Å². The molecule has 0 heterocycles. The molecule has 0 radical (unpaired) electrons. The molecule has 4 heteroatoms. The van der Waals surface area contributed by atoms with Gasteiger partial charge in [0.05, 0.1) is 10.2 Å². The molecule has 0 bridgehead atoms. The highest BCUT2D eigenvalue weighted by molar-refractivity contribution is 14.1. The van der Waals surface area contributed by atoms with Crippen molar-refractivity contribution in [1.82, 2.24) is 0 Å². The molecular formula is C14H20INO2. The molecule has 2 N–H and O–H groups in total. The van der Waals surface area contributed by atoms with E-state index in [-0.39, 0.29) is 5.91 Å². The second kappa shape index (κ2) is 6.97. The van der Waals surface area contributed by atoms with Crippen LogP contribution in [0.4, 0.5) is 0 Å². The Labute approximate surface area is 122 Å². The lowest BCUT2D eigenvalue weighted by Gasteiger charge is -2.17. The minimum atomic E-state index is -0.376. The first kappa shape index (κ1) is 15.3. The molecule has 0 spiro atoms. The molecule has 0 aliphatic heterocycles. The molecule has 0 saturated carbocycles. The van der Waals surface area contributed by atoms with Crippen LogP contribution in [0.2, 0.25) is 0 Å². The molecule has 1 rings (SSSR count).